The van der Waals surface area contributed by atoms with Crippen LogP contribution in [0.4, 0.5) is 17.1 Å². The Labute approximate surface area is 161 Å². The SMILES string of the molecule is CC(=O)N(/C=C(/C#N)C(=O)Nc1ccc(S(=O)(=O)O)cc1)c1ccc(N)cc1. The fraction of sp³-hybridized carbons (Fsp3) is 0.0556. The first kappa shape index (κ1) is 20.6. The third-order valence-electron chi connectivity index (χ3n) is 3.54. The molecule has 2 rings (SSSR count). The Balaban J connectivity index is 2.27. The number of hydrogen-bond donors (Lipinski definition) is 3. The van der Waals surface area contributed by atoms with E-state index in [0.717, 1.165) is 23.2 Å². The van der Waals surface area contributed by atoms with Crippen LogP contribution in [0.15, 0.2) is 65.2 Å². The van der Waals surface area contributed by atoms with E-state index in [4.69, 9.17) is 10.3 Å². The highest BCUT2D eigenvalue weighted by Gasteiger charge is 2.16. The quantitative estimate of drug-likeness (QED) is 0.300. The van der Waals surface area contributed by atoms with Gasteiger partial charge in [-0.25, -0.2) is 0 Å². The van der Waals surface area contributed by atoms with Crippen molar-refractivity contribution in [3.8, 4) is 6.07 Å². The van der Waals surface area contributed by atoms with E-state index in [9.17, 15) is 23.3 Å². The largest absolute Gasteiger partial charge is 0.399 e. The molecule has 0 heterocycles. The maximum Gasteiger partial charge on any atom is 0.294 e. The molecule has 0 saturated carbocycles. The van der Waals surface area contributed by atoms with E-state index in [-0.39, 0.29) is 16.2 Å². The van der Waals surface area contributed by atoms with E-state index in [1.54, 1.807) is 30.3 Å². The first-order chi connectivity index (χ1) is 13.1. The van der Waals surface area contributed by atoms with Crippen molar-refractivity contribution in [2.75, 3.05) is 16.0 Å². The number of rotatable bonds is 5. The summed E-state index contributed by atoms with van der Waals surface area (Å²) in [7, 11) is -4.36. The second-order valence-electron chi connectivity index (χ2n) is 5.59. The summed E-state index contributed by atoms with van der Waals surface area (Å²) >= 11 is 0. The fourth-order valence-corrected chi connectivity index (χ4v) is 2.64. The molecule has 0 bridgehead atoms. The molecule has 0 saturated heterocycles. The lowest BCUT2D eigenvalue weighted by Gasteiger charge is -2.17. The molecule has 0 aromatic heterocycles. The average Bonchev–Trinajstić information content (AvgIpc) is 2.63. The summed E-state index contributed by atoms with van der Waals surface area (Å²) in [6, 6.07) is 12.7. The van der Waals surface area contributed by atoms with Gasteiger partial charge in [-0.1, -0.05) is 0 Å². The third-order valence-corrected chi connectivity index (χ3v) is 4.41. The van der Waals surface area contributed by atoms with Crippen LogP contribution in [-0.4, -0.2) is 24.8 Å². The van der Waals surface area contributed by atoms with E-state index >= 15 is 0 Å². The molecule has 9 nitrogen and oxygen atoms in total. The van der Waals surface area contributed by atoms with Crippen LogP contribution in [0.25, 0.3) is 0 Å². The average molecular weight is 400 g/mol. The van der Waals surface area contributed by atoms with E-state index in [2.05, 4.69) is 5.32 Å². The summed E-state index contributed by atoms with van der Waals surface area (Å²) in [6.45, 7) is 1.27. The first-order valence-corrected chi connectivity index (χ1v) is 9.22. The molecular formula is C18H16N4O5S. The number of nitrogens with zero attached hydrogens (tertiary/aromatic N) is 2. The van der Waals surface area contributed by atoms with Crippen molar-refractivity contribution in [3.63, 3.8) is 0 Å². The van der Waals surface area contributed by atoms with Crippen molar-refractivity contribution in [1.29, 1.82) is 5.26 Å². The Hall–Kier alpha value is -3.68. The van der Waals surface area contributed by atoms with Gasteiger partial charge in [-0.3, -0.25) is 19.0 Å². The maximum atomic E-state index is 12.3. The van der Waals surface area contributed by atoms with Gasteiger partial charge in [0.1, 0.15) is 11.6 Å². The third kappa shape index (κ3) is 5.16. The van der Waals surface area contributed by atoms with Gasteiger partial charge in [-0.05, 0) is 48.5 Å². The predicted molar refractivity (Wildman–Crippen MR) is 103 cm³/mol. The van der Waals surface area contributed by atoms with Crippen LogP contribution >= 0.6 is 0 Å². The Morgan fingerprint density at radius 2 is 1.71 bits per heavy atom. The van der Waals surface area contributed by atoms with Gasteiger partial charge in [0.25, 0.3) is 16.0 Å². The van der Waals surface area contributed by atoms with Crippen LogP contribution in [0.5, 0.6) is 0 Å². The number of carbonyl (C=O) groups is 2. The van der Waals surface area contributed by atoms with Crippen molar-refractivity contribution >= 4 is 39.0 Å². The Bertz CT molecular complexity index is 1070. The Morgan fingerprint density at radius 3 is 2.18 bits per heavy atom. The molecule has 10 heteroatoms. The van der Waals surface area contributed by atoms with Gasteiger partial charge in [0, 0.05) is 30.2 Å². The van der Waals surface area contributed by atoms with Gasteiger partial charge in [0.05, 0.1) is 4.90 Å². The van der Waals surface area contributed by atoms with Crippen molar-refractivity contribution in [2.24, 2.45) is 0 Å². The minimum Gasteiger partial charge on any atom is -0.399 e. The fourth-order valence-electron chi connectivity index (χ4n) is 2.16. The van der Waals surface area contributed by atoms with Gasteiger partial charge in [-0.2, -0.15) is 13.7 Å². The van der Waals surface area contributed by atoms with E-state index in [1.165, 1.54) is 19.1 Å². The number of hydrogen-bond acceptors (Lipinski definition) is 6. The van der Waals surface area contributed by atoms with Crippen molar-refractivity contribution in [3.05, 3.63) is 60.3 Å². The topological polar surface area (TPSA) is 154 Å². The standard InChI is InChI=1S/C18H16N4O5S/c1-12(23)22(16-6-2-14(20)3-7-16)11-13(10-19)18(24)21-15-4-8-17(9-5-15)28(25,26)27/h2-9,11H,20H2,1H3,(H,21,24)(H,25,26,27)/b13-11-. The first-order valence-electron chi connectivity index (χ1n) is 7.78. The lowest BCUT2D eigenvalue weighted by atomic mass is 10.2. The number of carbonyl (C=O) groups excluding carboxylic acids is 2. The molecule has 2 amide bonds. The zero-order valence-electron chi connectivity index (χ0n) is 14.7. The molecule has 0 aliphatic rings. The maximum absolute atomic E-state index is 12.3. The second kappa shape index (κ2) is 8.34. The second-order valence-corrected chi connectivity index (χ2v) is 7.01. The van der Waals surface area contributed by atoms with Crippen LogP contribution in [0.3, 0.4) is 0 Å². The molecule has 0 atom stereocenters. The summed E-state index contributed by atoms with van der Waals surface area (Å²) in [5.74, 6) is -1.23. The van der Waals surface area contributed by atoms with Gasteiger partial charge >= 0.3 is 0 Å². The Morgan fingerprint density at radius 1 is 1.14 bits per heavy atom. The summed E-state index contributed by atoms with van der Waals surface area (Å²) in [5.41, 5.74) is 6.36. The molecule has 0 spiro atoms. The van der Waals surface area contributed by atoms with Crippen LogP contribution in [-0.2, 0) is 19.7 Å². The molecule has 28 heavy (non-hydrogen) atoms. The molecule has 2 aromatic rings. The minimum atomic E-state index is -4.36. The molecule has 0 fully saturated rings. The highest BCUT2D eigenvalue weighted by molar-refractivity contribution is 7.85. The van der Waals surface area contributed by atoms with Gasteiger partial charge in [-0.15, -0.1) is 0 Å². The van der Waals surface area contributed by atoms with Crippen LogP contribution in [0, 0.1) is 11.3 Å². The highest BCUT2D eigenvalue weighted by atomic mass is 32.2. The molecule has 0 aliphatic carbocycles. The number of anilines is 3. The Kier molecular flexibility index (Phi) is 6.15. The minimum absolute atomic E-state index is 0.195. The molecule has 2 aromatic carbocycles. The highest BCUT2D eigenvalue weighted by Crippen LogP contribution is 2.19. The summed E-state index contributed by atoms with van der Waals surface area (Å²) < 4.78 is 31.0. The van der Waals surface area contributed by atoms with Gasteiger partial charge < -0.3 is 11.1 Å². The summed E-state index contributed by atoms with van der Waals surface area (Å²) in [4.78, 5) is 25.0. The normalized spacial score (nSPS) is 11.4. The number of nitrogens with one attached hydrogen (secondary N) is 1. The molecule has 144 valence electrons. The van der Waals surface area contributed by atoms with Crippen molar-refractivity contribution < 1.29 is 22.6 Å². The molecule has 4 N–H and O–H groups in total. The molecular weight excluding hydrogens is 384 g/mol. The summed E-state index contributed by atoms with van der Waals surface area (Å²) in [5, 5.41) is 11.7. The number of benzene rings is 2. The lowest BCUT2D eigenvalue weighted by molar-refractivity contribution is -0.116. The van der Waals surface area contributed by atoms with E-state index in [1.807, 2.05) is 0 Å². The van der Waals surface area contributed by atoms with Gasteiger partial charge in [0.15, 0.2) is 0 Å². The number of amides is 2. The van der Waals surface area contributed by atoms with E-state index in [0.29, 0.717) is 11.4 Å². The number of nitrogens with two attached hydrogens (primary N) is 1. The smallest absolute Gasteiger partial charge is 0.294 e. The van der Waals surface area contributed by atoms with E-state index < -0.39 is 21.9 Å². The monoisotopic (exact) mass is 400 g/mol. The van der Waals surface area contributed by atoms with Crippen LogP contribution in [0.1, 0.15) is 6.92 Å². The zero-order valence-corrected chi connectivity index (χ0v) is 15.5. The lowest BCUT2D eigenvalue weighted by Crippen LogP contribution is -2.25. The number of nitrogen functional groups attached to an aromatic ring is 1. The molecule has 0 radical (unpaired) electrons. The van der Waals surface area contributed by atoms with Crippen molar-refractivity contribution in [1.82, 2.24) is 0 Å². The number of nitriles is 1. The summed E-state index contributed by atoms with van der Waals surface area (Å²) in [6.07, 6.45) is 1.09. The molecule has 0 unspecified atom stereocenters. The van der Waals surface area contributed by atoms with Gasteiger partial charge in [0.2, 0.25) is 5.91 Å². The predicted octanol–water partition coefficient (Wildman–Crippen LogP) is 1.91. The van der Waals surface area contributed by atoms with Crippen LogP contribution in [0.2, 0.25) is 0 Å². The molecule has 0 aliphatic heterocycles. The zero-order chi connectivity index (χ0) is 20.9. The van der Waals surface area contributed by atoms with Crippen LogP contribution < -0.4 is 16.0 Å². The van der Waals surface area contributed by atoms with Crippen molar-refractivity contribution in [2.45, 2.75) is 11.8 Å².